The Bertz CT molecular complexity index is 702. The molecule has 8 heteroatoms. The number of nitrogens with zero attached hydrogens (tertiary/aromatic N) is 4. The van der Waals surface area contributed by atoms with E-state index in [-0.39, 0.29) is 10.9 Å². The van der Waals surface area contributed by atoms with E-state index < -0.39 is 10.0 Å². The molecule has 1 saturated heterocycles. The molecule has 0 bridgehead atoms. The SMILES string of the molecule is CCN1CCN(S(=O)(=O)c2cccnc2)CC1c1ncc[nH]1. The summed E-state index contributed by atoms with van der Waals surface area (Å²) in [6, 6.07) is 3.16. The molecule has 1 fully saturated rings. The van der Waals surface area contributed by atoms with Crippen molar-refractivity contribution in [1.82, 2.24) is 24.2 Å². The standard InChI is InChI=1S/C14H19N5O2S/c1-2-18-8-9-19(11-13(18)14-16-6-7-17-14)22(20,21)12-4-3-5-15-10-12/h3-7,10,13H,2,8-9,11H2,1H3,(H,16,17). The van der Waals surface area contributed by atoms with Crippen LogP contribution in [0.1, 0.15) is 18.8 Å². The fraction of sp³-hybridized carbons (Fsp3) is 0.429. The largest absolute Gasteiger partial charge is 0.347 e. The number of imidazole rings is 1. The van der Waals surface area contributed by atoms with Gasteiger partial charge < -0.3 is 4.98 Å². The van der Waals surface area contributed by atoms with Crippen molar-refractivity contribution in [2.75, 3.05) is 26.2 Å². The lowest BCUT2D eigenvalue weighted by Gasteiger charge is -2.39. The van der Waals surface area contributed by atoms with Crippen LogP contribution in [-0.2, 0) is 10.0 Å². The van der Waals surface area contributed by atoms with Gasteiger partial charge in [0.1, 0.15) is 10.7 Å². The van der Waals surface area contributed by atoms with E-state index in [0.717, 1.165) is 12.4 Å². The van der Waals surface area contributed by atoms with Crippen LogP contribution in [0.4, 0.5) is 0 Å². The number of pyridine rings is 1. The molecule has 118 valence electrons. The molecule has 22 heavy (non-hydrogen) atoms. The summed E-state index contributed by atoms with van der Waals surface area (Å²) >= 11 is 0. The van der Waals surface area contributed by atoms with Crippen molar-refractivity contribution in [2.45, 2.75) is 17.9 Å². The topological polar surface area (TPSA) is 82.2 Å². The zero-order valence-corrected chi connectivity index (χ0v) is 13.2. The molecule has 0 saturated carbocycles. The molecular formula is C14H19N5O2S. The van der Waals surface area contributed by atoms with Crippen LogP contribution in [0.25, 0.3) is 0 Å². The number of likely N-dealkylation sites (N-methyl/N-ethyl adjacent to an activating group) is 1. The van der Waals surface area contributed by atoms with Crippen molar-refractivity contribution in [2.24, 2.45) is 0 Å². The Balaban J connectivity index is 1.87. The van der Waals surface area contributed by atoms with Gasteiger partial charge in [0.05, 0.1) is 6.04 Å². The van der Waals surface area contributed by atoms with Gasteiger partial charge in [0.2, 0.25) is 10.0 Å². The lowest BCUT2D eigenvalue weighted by Crippen LogP contribution is -2.50. The molecule has 1 aliphatic rings. The van der Waals surface area contributed by atoms with Gasteiger partial charge in [-0.2, -0.15) is 4.31 Å². The summed E-state index contributed by atoms with van der Waals surface area (Å²) in [4.78, 5) is 13.8. The fourth-order valence-corrected chi connectivity index (χ4v) is 4.16. The Hall–Kier alpha value is -1.77. The van der Waals surface area contributed by atoms with E-state index in [9.17, 15) is 8.42 Å². The summed E-state index contributed by atoms with van der Waals surface area (Å²) in [6.45, 7) is 4.47. The number of H-pyrrole nitrogens is 1. The Kier molecular flexibility index (Phi) is 4.23. The number of hydrogen-bond donors (Lipinski definition) is 1. The third-order valence-corrected chi connectivity index (χ3v) is 5.82. The molecule has 1 N–H and O–H groups in total. The number of piperazine rings is 1. The molecule has 0 amide bonds. The molecule has 1 atom stereocenters. The van der Waals surface area contributed by atoms with E-state index in [0.29, 0.717) is 19.6 Å². The van der Waals surface area contributed by atoms with Gasteiger partial charge in [-0.05, 0) is 18.7 Å². The quantitative estimate of drug-likeness (QED) is 0.903. The molecule has 1 unspecified atom stereocenters. The molecule has 7 nitrogen and oxygen atoms in total. The Morgan fingerprint density at radius 1 is 1.36 bits per heavy atom. The minimum absolute atomic E-state index is 0.0554. The molecule has 2 aromatic heterocycles. The number of aromatic nitrogens is 3. The molecule has 0 aliphatic carbocycles. The summed E-state index contributed by atoms with van der Waals surface area (Å²) in [5.41, 5.74) is 0. The third-order valence-electron chi connectivity index (χ3n) is 3.97. The van der Waals surface area contributed by atoms with Gasteiger partial charge >= 0.3 is 0 Å². The molecule has 2 aromatic rings. The van der Waals surface area contributed by atoms with Gasteiger partial charge in [-0.3, -0.25) is 9.88 Å². The van der Waals surface area contributed by atoms with Crippen molar-refractivity contribution < 1.29 is 8.42 Å². The van der Waals surface area contributed by atoms with Crippen LogP contribution in [0, 0.1) is 0 Å². The minimum atomic E-state index is -3.52. The second kappa shape index (κ2) is 6.15. The van der Waals surface area contributed by atoms with E-state index in [1.807, 2.05) is 0 Å². The smallest absolute Gasteiger partial charge is 0.244 e. The predicted molar refractivity (Wildman–Crippen MR) is 81.6 cm³/mol. The molecular weight excluding hydrogens is 302 g/mol. The maximum absolute atomic E-state index is 12.7. The average Bonchev–Trinajstić information content (AvgIpc) is 3.09. The van der Waals surface area contributed by atoms with E-state index in [1.54, 1.807) is 30.7 Å². The van der Waals surface area contributed by atoms with Gasteiger partial charge in [0.15, 0.2) is 0 Å². The number of aromatic amines is 1. The molecule has 3 rings (SSSR count). The maximum atomic E-state index is 12.7. The van der Waals surface area contributed by atoms with Crippen LogP contribution in [0.3, 0.4) is 0 Å². The molecule has 1 aliphatic heterocycles. The molecule has 0 spiro atoms. The predicted octanol–water partition coefficient (Wildman–Crippen LogP) is 0.872. The van der Waals surface area contributed by atoms with Crippen LogP contribution in [0.15, 0.2) is 41.8 Å². The first-order valence-corrected chi connectivity index (χ1v) is 8.70. The Morgan fingerprint density at radius 2 is 2.23 bits per heavy atom. The Labute approximate surface area is 130 Å². The molecule has 3 heterocycles. The zero-order chi connectivity index (χ0) is 15.6. The fourth-order valence-electron chi connectivity index (χ4n) is 2.76. The van der Waals surface area contributed by atoms with Crippen molar-refractivity contribution >= 4 is 10.0 Å². The lowest BCUT2D eigenvalue weighted by atomic mass is 10.2. The monoisotopic (exact) mass is 321 g/mol. The van der Waals surface area contributed by atoms with E-state index in [1.165, 1.54) is 10.5 Å². The van der Waals surface area contributed by atoms with Crippen LogP contribution in [0.5, 0.6) is 0 Å². The minimum Gasteiger partial charge on any atom is -0.347 e. The highest BCUT2D eigenvalue weighted by Gasteiger charge is 2.35. The highest BCUT2D eigenvalue weighted by Crippen LogP contribution is 2.26. The average molecular weight is 321 g/mol. The Morgan fingerprint density at radius 3 is 2.86 bits per heavy atom. The first-order chi connectivity index (χ1) is 10.6. The van der Waals surface area contributed by atoms with Gasteiger partial charge in [-0.15, -0.1) is 0 Å². The lowest BCUT2D eigenvalue weighted by molar-refractivity contribution is 0.119. The van der Waals surface area contributed by atoms with Crippen molar-refractivity contribution in [1.29, 1.82) is 0 Å². The number of nitrogens with one attached hydrogen (secondary N) is 1. The van der Waals surface area contributed by atoms with Crippen LogP contribution in [0.2, 0.25) is 0 Å². The van der Waals surface area contributed by atoms with Crippen LogP contribution in [-0.4, -0.2) is 58.8 Å². The summed E-state index contributed by atoms with van der Waals surface area (Å²) in [5, 5.41) is 0. The highest BCUT2D eigenvalue weighted by atomic mass is 32.2. The number of sulfonamides is 1. The van der Waals surface area contributed by atoms with Gasteiger partial charge in [-0.25, -0.2) is 13.4 Å². The zero-order valence-electron chi connectivity index (χ0n) is 12.4. The summed E-state index contributed by atoms with van der Waals surface area (Å²) in [5.74, 6) is 0.799. The molecule has 0 radical (unpaired) electrons. The molecule has 0 aromatic carbocycles. The van der Waals surface area contributed by atoms with Crippen molar-refractivity contribution in [3.8, 4) is 0 Å². The normalized spacial score (nSPS) is 21.0. The first kappa shape index (κ1) is 15.1. The highest BCUT2D eigenvalue weighted by molar-refractivity contribution is 7.89. The second-order valence-electron chi connectivity index (χ2n) is 5.17. The maximum Gasteiger partial charge on any atom is 0.244 e. The van der Waals surface area contributed by atoms with Gasteiger partial charge in [0.25, 0.3) is 0 Å². The van der Waals surface area contributed by atoms with Gasteiger partial charge in [0, 0.05) is 44.4 Å². The summed E-state index contributed by atoms with van der Waals surface area (Å²) < 4.78 is 27.0. The van der Waals surface area contributed by atoms with E-state index in [2.05, 4.69) is 26.8 Å². The van der Waals surface area contributed by atoms with Crippen molar-refractivity contribution in [3.05, 3.63) is 42.7 Å². The number of hydrogen-bond acceptors (Lipinski definition) is 5. The van der Waals surface area contributed by atoms with E-state index in [4.69, 9.17) is 0 Å². The first-order valence-electron chi connectivity index (χ1n) is 7.26. The number of rotatable bonds is 4. The third kappa shape index (κ3) is 2.77. The van der Waals surface area contributed by atoms with E-state index >= 15 is 0 Å². The van der Waals surface area contributed by atoms with Crippen molar-refractivity contribution in [3.63, 3.8) is 0 Å². The van der Waals surface area contributed by atoms with Crippen LogP contribution < -0.4 is 0 Å². The second-order valence-corrected chi connectivity index (χ2v) is 7.11. The summed E-state index contributed by atoms with van der Waals surface area (Å²) in [6.07, 6.45) is 6.42. The van der Waals surface area contributed by atoms with Crippen LogP contribution >= 0.6 is 0 Å². The summed E-state index contributed by atoms with van der Waals surface area (Å²) in [7, 11) is -3.52. The van der Waals surface area contributed by atoms with Gasteiger partial charge in [-0.1, -0.05) is 6.92 Å².